The molecule has 0 saturated heterocycles. The summed E-state index contributed by atoms with van der Waals surface area (Å²) in [5.74, 6) is 0.610. The van der Waals surface area contributed by atoms with Crippen LogP contribution in [0.15, 0.2) is 42.5 Å². The van der Waals surface area contributed by atoms with Gasteiger partial charge in [-0.1, -0.05) is 51.1 Å². The van der Waals surface area contributed by atoms with Crippen molar-refractivity contribution in [1.29, 1.82) is 0 Å². The van der Waals surface area contributed by atoms with Crippen molar-refractivity contribution < 1.29 is 9.53 Å². The lowest BCUT2D eigenvalue weighted by Crippen LogP contribution is -2.22. The molecule has 3 heteroatoms. The second-order valence-corrected chi connectivity index (χ2v) is 6.83. The van der Waals surface area contributed by atoms with Gasteiger partial charge in [0.1, 0.15) is 5.75 Å². The number of carbonyl (C=O) groups excluding carboxylic acids is 1. The summed E-state index contributed by atoms with van der Waals surface area (Å²) in [6.07, 6.45) is 0. The first kappa shape index (κ1) is 17.1. The Balaban J connectivity index is 2.04. The quantitative estimate of drug-likeness (QED) is 0.895. The van der Waals surface area contributed by atoms with E-state index in [9.17, 15) is 4.79 Å². The highest BCUT2D eigenvalue weighted by Crippen LogP contribution is 2.30. The van der Waals surface area contributed by atoms with Crippen LogP contribution in [0, 0.1) is 13.8 Å². The number of ether oxygens (including phenoxy) is 1. The Morgan fingerprint density at radius 1 is 1.04 bits per heavy atom. The maximum atomic E-state index is 12.2. The Labute approximate surface area is 138 Å². The zero-order valence-corrected chi connectivity index (χ0v) is 14.6. The van der Waals surface area contributed by atoms with E-state index in [2.05, 4.69) is 26.1 Å². The molecule has 1 N–H and O–H groups in total. The third-order valence-corrected chi connectivity index (χ3v) is 3.93. The molecule has 3 nitrogen and oxygen atoms in total. The molecular formula is C20H25NO2. The van der Waals surface area contributed by atoms with Crippen LogP contribution < -0.4 is 10.1 Å². The number of rotatable bonds is 4. The molecule has 0 atom stereocenters. The van der Waals surface area contributed by atoms with Crippen LogP contribution >= 0.6 is 0 Å². The Hall–Kier alpha value is -2.29. The topological polar surface area (TPSA) is 38.3 Å². The van der Waals surface area contributed by atoms with Gasteiger partial charge in [0.15, 0.2) is 6.61 Å². The van der Waals surface area contributed by atoms with Crippen LogP contribution in [0.5, 0.6) is 5.75 Å². The van der Waals surface area contributed by atoms with Gasteiger partial charge < -0.3 is 10.1 Å². The second-order valence-electron chi connectivity index (χ2n) is 6.83. The number of benzene rings is 2. The van der Waals surface area contributed by atoms with E-state index >= 15 is 0 Å². The van der Waals surface area contributed by atoms with Gasteiger partial charge >= 0.3 is 0 Å². The predicted octanol–water partition coefficient (Wildman–Crippen LogP) is 4.62. The van der Waals surface area contributed by atoms with Crippen LogP contribution in [0.2, 0.25) is 0 Å². The number of hydrogen-bond donors (Lipinski definition) is 1. The third kappa shape index (κ3) is 4.35. The average Bonchev–Trinajstić information content (AvgIpc) is 2.49. The highest BCUT2D eigenvalue weighted by atomic mass is 16.5. The number of nitrogens with one attached hydrogen (secondary N) is 1. The maximum absolute atomic E-state index is 12.2. The third-order valence-electron chi connectivity index (χ3n) is 3.93. The highest BCUT2D eigenvalue weighted by molar-refractivity contribution is 5.92. The van der Waals surface area contributed by atoms with Crippen molar-refractivity contribution in [3.8, 4) is 5.75 Å². The van der Waals surface area contributed by atoms with Crippen molar-refractivity contribution in [3.63, 3.8) is 0 Å². The predicted molar refractivity (Wildman–Crippen MR) is 95.2 cm³/mol. The van der Waals surface area contributed by atoms with E-state index < -0.39 is 0 Å². The summed E-state index contributed by atoms with van der Waals surface area (Å²) in [6.45, 7) is 10.4. The molecule has 0 radical (unpaired) electrons. The van der Waals surface area contributed by atoms with Gasteiger partial charge in [-0.3, -0.25) is 4.79 Å². The van der Waals surface area contributed by atoms with Crippen LogP contribution in [0.1, 0.15) is 37.5 Å². The lowest BCUT2D eigenvalue weighted by Gasteiger charge is -2.22. The summed E-state index contributed by atoms with van der Waals surface area (Å²) in [5.41, 5.74) is 4.14. The molecule has 0 aliphatic carbocycles. The van der Waals surface area contributed by atoms with E-state index in [1.807, 2.05) is 56.3 Å². The van der Waals surface area contributed by atoms with E-state index in [0.29, 0.717) is 0 Å². The molecule has 0 aromatic heterocycles. The monoisotopic (exact) mass is 311 g/mol. The number of carbonyl (C=O) groups is 1. The molecule has 0 fully saturated rings. The minimum atomic E-state index is -0.151. The Morgan fingerprint density at radius 2 is 1.74 bits per heavy atom. The van der Waals surface area contributed by atoms with Crippen molar-refractivity contribution >= 4 is 11.6 Å². The molecule has 23 heavy (non-hydrogen) atoms. The van der Waals surface area contributed by atoms with Gasteiger partial charge in [-0.05, 0) is 48.1 Å². The standard InChI is InChI=1S/C20H25NO2/c1-14-9-8-11-17(15(14)2)21-19(22)13-23-18-12-7-6-10-16(18)20(3,4)5/h6-12H,13H2,1-5H3,(H,21,22). The first-order chi connectivity index (χ1) is 10.8. The summed E-state index contributed by atoms with van der Waals surface area (Å²) >= 11 is 0. The van der Waals surface area contributed by atoms with Crippen molar-refractivity contribution in [3.05, 3.63) is 59.2 Å². The summed E-state index contributed by atoms with van der Waals surface area (Å²) in [6, 6.07) is 13.7. The van der Waals surface area contributed by atoms with Crippen LogP contribution in [-0.4, -0.2) is 12.5 Å². The van der Waals surface area contributed by atoms with Gasteiger partial charge in [0.25, 0.3) is 5.91 Å². The van der Waals surface area contributed by atoms with Crippen molar-refractivity contribution in [2.75, 3.05) is 11.9 Å². The first-order valence-electron chi connectivity index (χ1n) is 7.87. The molecule has 0 aliphatic rings. The first-order valence-corrected chi connectivity index (χ1v) is 7.87. The molecule has 0 heterocycles. The van der Waals surface area contributed by atoms with Gasteiger partial charge in [-0.15, -0.1) is 0 Å². The number of hydrogen-bond acceptors (Lipinski definition) is 2. The summed E-state index contributed by atoms with van der Waals surface area (Å²) in [4.78, 5) is 12.2. The molecule has 0 spiro atoms. The molecule has 122 valence electrons. The highest BCUT2D eigenvalue weighted by Gasteiger charge is 2.19. The fraction of sp³-hybridized carbons (Fsp3) is 0.350. The van der Waals surface area contributed by atoms with Crippen LogP contribution in [-0.2, 0) is 10.2 Å². The van der Waals surface area contributed by atoms with Crippen LogP contribution in [0.4, 0.5) is 5.69 Å². The number of amides is 1. The fourth-order valence-corrected chi connectivity index (χ4v) is 2.43. The Kier molecular flexibility index (Phi) is 5.09. The molecule has 0 aliphatic heterocycles. The molecule has 0 saturated carbocycles. The molecule has 2 rings (SSSR count). The van der Waals surface area contributed by atoms with Crippen molar-refractivity contribution in [2.45, 2.75) is 40.0 Å². The van der Waals surface area contributed by atoms with E-state index in [-0.39, 0.29) is 17.9 Å². The second kappa shape index (κ2) is 6.86. The largest absolute Gasteiger partial charge is 0.483 e. The summed E-state index contributed by atoms with van der Waals surface area (Å²) in [7, 11) is 0. The fourth-order valence-electron chi connectivity index (χ4n) is 2.43. The SMILES string of the molecule is Cc1cccc(NC(=O)COc2ccccc2C(C)(C)C)c1C. The van der Waals surface area contributed by atoms with Gasteiger partial charge in [0.2, 0.25) is 0 Å². The zero-order valence-electron chi connectivity index (χ0n) is 14.6. The smallest absolute Gasteiger partial charge is 0.262 e. The van der Waals surface area contributed by atoms with Gasteiger partial charge in [-0.25, -0.2) is 0 Å². The van der Waals surface area contributed by atoms with E-state index in [4.69, 9.17) is 4.74 Å². The zero-order chi connectivity index (χ0) is 17.0. The molecule has 0 bridgehead atoms. The number of aryl methyl sites for hydroxylation is 1. The molecule has 0 unspecified atom stereocenters. The Morgan fingerprint density at radius 3 is 2.43 bits per heavy atom. The van der Waals surface area contributed by atoms with E-state index in [1.54, 1.807) is 0 Å². The van der Waals surface area contributed by atoms with Crippen molar-refractivity contribution in [2.24, 2.45) is 0 Å². The molecular weight excluding hydrogens is 286 g/mol. The van der Waals surface area contributed by atoms with E-state index in [0.717, 1.165) is 28.1 Å². The molecule has 2 aromatic rings. The summed E-state index contributed by atoms with van der Waals surface area (Å²) in [5, 5.41) is 2.92. The lowest BCUT2D eigenvalue weighted by molar-refractivity contribution is -0.118. The molecule has 1 amide bonds. The number of anilines is 1. The minimum absolute atomic E-state index is 0.000471. The van der Waals surface area contributed by atoms with Crippen molar-refractivity contribution in [1.82, 2.24) is 0 Å². The van der Waals surface area contributed by atoms with Crippen LogP contribution in [0.3, 0.4) is 0 Å². The van der Waals surface area contributed by atoms with Gasteiger partial charge in [0.05, 0.1) is 0 Å². The molecule has 2 aromatic carbocycles. The Bertz CT molecular complexity index is 699. The van der Waals surface area contributed by atoms with Crippen LogP contribution in [0.25, 0.3) is 0 Å². The maximum Gasteiger partial charge on any atom is 0.262 e. The van der Waals surface area contributed by atoms with Gasteiger partial charge in [0, 0.05) is 5.69 Å². The lowest BCUT2D eigenvalue weighted by atomic mass is 9.86. The average molecular weight is 311 g/mol. The summed E-state index contributed by atoms with van der Waals surface area (Å²) < 4.78 is 5.76. The van der Waals surface area contributed by atoms with Gasteiger partial charge in [-0.2, -0.15) is 0 Å². The van der Waals surface area contributed by atoms with E-state index in [1.165, 1.54) is 0 Å². The minimum Gasteiger partial charge on any atom is -0.483 e. The normalized spacial score (nSPS) is 11.2. The number of para-hydroxylation sites is 1.